The van der Waals surface area contributed by atoms with E-state index < -0.39 is 20.5 Å². The van der Waals surface area contributed by atoms with Crippen molar-refractivity contribution in [1.29, 1.82) is 0 Å². The predicted molar refractivity (Wildman–Crippen MR) is 90.8 cm³/mol. The third kappa shape index (κ3) is 3.86. The van der Waals surface area contributed by atoms with Crippen molar-refractivity contribution >= 4 is 38.1 Å². The first-order chi connectivity index (χ1) is 11.7. The molecule has 134 valence electrons. The quantitative estimate of drug-likeness (QED) is 0.546. The van der Waals surface area contributed by atoms with Crippen LogP contribution in [0.3, 0.4) is 0 Å². The zero-order valence-electron chi connectivity index (χ0n) is 13.3. The van der Waals surface area contributed by atoms with Gasteiger partial charge >= 0.3 is 6.01 Å². The number of methoxy groups -OCH3 is 1. The Bertz CT molecular complexity index is 923. The molecule has 10 nitrogen and oxygen atoms in total. The first-order valence-corrected chi connectivity index (χ1v) is 9.45. The minimum absolute atomic E-state index is 0.00706. The highest BCUT2D eigenvalue weighted by Crippen LogP contribution is 2.37. The minimum atomic E-state index is -3.78. The summed E-state index contributed by atoms with van der Waals surface area (Å²) >= 11 is 0.938. The standard InChI is InChI=1S/C13H15N5O5S2/c1-13(5-6-13)17-25(21,22)8-3-4-10(18(19)20)9(7-8)14-12-15-11(23-2)16-24-12/h3-4,7,17H,5-6H2,1-2H3,(H,14,15,16). The number of hydrogen-bond donors (Lipinski definition) is 2. The fraction of sp³-hybridized carbons (Fsp3) is 0.385. The summed E-state index contributed by atoms with van der Waals surface area (Å²) in [7, 11) is -2.39. The van der Waals surface area contributed by atoms with Crippen molar-refractivity contribution in [3.05, 3.63) is 28.3 Å². The fourth-order valence-electron chi connectivity index (χ4n) is 2.07. The summed E-state index contributed by atoms with van der Waals surface area (Å²) in [4.78, 5) is 14.5. The second kappa shape index (κ2) is 6.20. The molecule has 0 saturated heterocycles. The van der Waals surface area contributed by atoms with Gasteiger partial charge in [-0.3, -0.25) is 10.1 Å². The van der Waals surface area contributed by atoms with Gasteiger partial charge in [0.1, 0.15) is 5.69 Å². The van der Waals surface area contributed by atoms with Gasteiger partial charge in [-0.2, -0.15) is 4.98 Å². The Kier molecular flexibility index (Phi) is 4.34. The Morgan fingerprint density at radius 3 is 2.68 bits per heavy atom. The van der Waals surface area contributed by atoms with Gasteiger partial charge in [0, 0.05) is 23.1 Å². The van der Waals surface area contributed by atoms with Crippen LogP contribution in [0.1, 0.15) is 19.8 Å². The Morgan fingerprint density at radius 2 is 2.12 bits per heavy atom. The first kappa shape index (κ1) is 17.5. The maximum atomic E-state index is 12.5. The van der Waals surface area contributed by atoms with Crippen molar-refractivity contribution in [2.75, 3.05) is 12.4 Å². The minimum Gasteiger partial charge on any atom is -0.466 e. The molecule has 2 N–H and O–H groups in total. The van der Waals surface area contributed by atoms with Crippen molar-refractivity contribution in [2.24, 2.45) is 0 Å². The number of nitro groups is 1. The summed E-state index contributed by atoms with van der Waals surface area (Å²) in [6.07, 6.45) is 1.52. The van der Waals surface area contributed by atoms with Crippen LogP contribution in [0.25, 0.3) is 0 Å². The lowest BCUT2D eigenvalue weighted by Crippen LogP contribution is -2.34. The molecule has 25 heavy (non-hydrogen) atoms. The van der Waals surface area contributed by atoms with Crippen LogP contribution in [0, 0.1) is 10.1 Å². The average Bonchev–Trinajstić information content (AvgIpc) is 3.08. The Balaban J connectivity index is 1.95. The van der Waals surface area contributed by atoms with Crippen molar-refractivity contribution in [3.8, 4) is 6.01 Å². The van der Waals surface area contributed by atoms with Crippen LogP contribution in [0.5, 0.6) is 6.01 Å². The van der Waals surface area contributed by atoms with Crippen molar-refractivity contribution in [1.82, 2.24) is 14.1 Å². The molecule has 1 aromatic carbocycles. The van der Waals surface area contributed by atoms with E-state index in [-0.39, 0.29) is 27.4 Å². The van der Waals surface area contributed by atoms with E-state index in [9.17, 15) is 18.5 Å². The van der Waals surface area contributed by atoms with Crippen molar-refractivity contribution < 1.29 is 18.1 Å². The summed E-state index contributed by atoms with van der Waals surface area (Å²) < 4.78 is 36.3. The molecule has 1 heterocycles. The normalized spacial score (nSPS) is 15.6. The summed E-state index contributed by atoms with van der Waals surface area (Å²) in [6, 6.07) is 3.67. The third-order valence-electron chi connectivity index (χ3n) is 3.69. The topological polar surface area (TPSA) is 136 Å². The van der Waals surface area contributed by atoms with Gasteiger partial charge in [-0.1, -0.05) is 0 Å². The summed E-state index contributed by atoms with van der Waals surface area (Å²) in [5.41, 5.74) is -0.709. The van der Waals surface area contributed by atoms with Gasteiger partial charge in [0.2, 0.25) is 15.2 Å². The molecule has 1 aliphatic carbocycles. The van der Waals surface area contributed by atoms with Gasteiger partial charge in [-0.15, -0.1) is 4.37 Å². The van der Waals surface area contributed by atoms with Crippen LogP contribution in [0.4, 0.5) is 16.5 Å². The predicted octanol–water partition coefficient (Wildman–Crippen LogP) is 2.03. The lowest BCUT2D eigenvalue weighted by molar-refractivity contribution is -0.384. The van der Waals surface area contributed by atoms with Crippen LogP contribution in [-0.4, -0.2) is 35.3 Å². The third-order valence-corrected chi connectivity index (χ3v) is 5.94. The fourth-order valence-corrected chi connectivity index (χ4v) is 4.12. The highest BCUT2D eigenvalue weighted by Gasteiger charge is 2.41. The molecule has 12 heteroatoms. The molecule has 3 rings (SSSR count). The molecule has 1 aliphatic rings. The number of aromatic nitrogens is 2. The Morgan fingerprint density at radius 1 is 1.40 bits per heavy atom. The lowest BCUT2D eigenvalue weighted by Gasteiger charge is -2.13. The van der Waals surface area contributed by atoms with E-state index in [0.29, 0.717) is 0 Å². The maximum Gasteiger partial charge on any atom is 0.329 e. The number of ether oxygens (including phenoxy) is 1. The van der Waals surface area contributed by atoms with Crippen LogP contribution >= 0.6 is 11.5 Å². The van der Waals surface area contributed by atoms with E-state index >= 15 is 0 Å². The smallest absolute Gasteiger partial charge is 0.329 e. The molecule has 1 fully saturated rings. The molecule has 0 bridgehead atoms. The highest BCUT2D eigenvalue weighted by molar-refractivity contribution is 7.89. The number of anilines is 2. The number of nitrogens with zero attached hydrogens (tertiary/aromatic N) is 3. The molecule has 1 aromatic heterocycles. The van der Waals surface area contributed by atoms with E-state index in [0.717, 1.165) is 30.4 Å². The largest absolute Gasteiger partial charge is 0.466 e. The number of hydrogen-bond acceptors (Lipinski definition) is 9. The lowest BCUT2D eigenvalue weighted by atomic mass is 10.2. The number of sulfonamides is 1. The molecule has 0 aliphatic heterocycles. The SMILES string of the molecule is COc1nsc(Nc2cc(S(=O)(=O)NC3(C)CC3)ccc2[N+](=O)[O-])n1. The Hall–Kier alpha value is -2.31. The number of nitro benzene ring substituents is 1. The van der Waals surface area contributed by atoms with Crippen LogP contribution < -0.4 is 14.8 Å². The molecule has 0 amide bonds. The molecule has 1 saturated carbocycles. The maximum absolute atomic E-state index is 12.5. The first-order valence-electron chi connectivity index (χ1n) is 7.20. The van der Waals surface area contributed by atoms with Crippen LogP contribution in [0.2, 0.25) is 0 Å². The van der Waals surface area contributed by atoms with Crippen LogP contribution in [-0.2, 0) is 10.0 Å². The zero-order chi connectivity index (χ0) is 18.2. The van der Waals surface area contributed by atoms with E-state index in [1.807, 2.05) is 6.92 Å². The van der Waals surface area contributed by atoms with E-state index in [1.54, 1.807) is 0 Å². The van der Waals surface area contributed by atoms with E-state index in [2.05, 4.69) is 19.4 Å². The van der Waals surface area contributed by atoms with Gasteiger partial charge < -0.3 is 10.1 Å². The number of nitrogens with one attached hydrogen (secondary N) is 2. The summed E-state index contributed by atoms with van der Waals surface area (Å²) in [6.45, 7) is 1.81. The average molecular weight is 385 g/mol. The summed E-state index contributed by atoms with van der Waals surface area (Å²) in [5.74, 6) is 0. The van der Waals surface area contributed by atoms with Crippen LogP contribution in [0.15, 0.2) is 23.1 Å². The number of benzene rings is 1. The molecule has 0 spiro atoms. The molecular formula is C13H15N5O5S2. The second-order valence-corrected chi connectivity index (χ2v) is 8.25. The van der Waals surface area contributed by atoms with Gasteiger partial charge in [0.15, 0.2) is 0 Å². The molecule has 0 radical (unpaired) electrons. The second-order valence-electron chi connectivity index (χ2n) is 5.81. The van der Waals surface area contributed by atoms with Crippen molar-refractivity contribution in [2.45, 2.75) is 30.2 Å². The van der Waals surface area contributed by atoms with E-state index in [1.165, 1.54) is 19.2 Å². The molecule has 0 atom stereocenters. The molecular weight excluding hydrogens is 370 g/mol. The van der Waals surface area contributed by atoms with Gasteiger partial charge in [-0.05, 0) is 31.9 Å². The molecule has 2 aromatic rings. The molecule has 0 unspecified atom stereocenters. The van der Waals surface area contributed by atoms with Crippen molar-refractivity contribution in [3.63, 3.8) is 0 Å². The zero-order valence-corrected chi connectivity index (χ0v) is 15.0. The van der Waals surface area contributed by atoms with E-state index in [4.69, 9.17) is 4.74 Å². The highest BCUT2D eigenvalue weighted by atomic mass is 32.2. The summed E-state index contributed by atoms with van der Waals surface area (Å²) in [5, 5.41) is 14.2. The Labute approximate surface area is 147 Å². The van der Waals surface area contributed by atoms with Gasteiger partial charge in [-0.25, -0.2) is 13.1 Å². The van der Waals surface area contributed by atoms with Gasteiger partial charge in [0.25, 0.3) is 5.69 Å². The van der Waals surface area contributed by atoms with Gasteiger partial charge in [0.05, 0.1) is 16.9 Å². The monoisotopic (exact) mass is 385 g/mol. The number of rotatable bonds is 7.